The average Bonchev–Trinajstić information content (AvgIpc) is 2.55. The van der Waals surface area contributed by atoms with Crippen LogP contribution in [-0.4, -0.2) is 7.05 Å². The molecule has 0 saturated heterocycles. The molecular formula is C18H11Cl2N3. The van der Waals surface area contributed by atoms with Crippen molar-refractivity contribution in [1.29, 1.82) is 10.5 Å². The van der Waals surface area contributed by atoms with E-state index >= 15 is 0 Å². The van der Waals surface area contributed by atoms with Crippen LogP contribution < -0.4 is 4.90 Å². The summed E-state index contributed by atoms with van der Waals surface area (Å²) in [7, 11) is 1.96. The van der Waals surface area contributed by atoms with Crippen molar-refractivity contribution in [2.24, 2.45) is 0 Å². The molecular weight excluding hydrogens is 329 g/mol. The highest BCUT2D eigenvalue weighted by Gasteiger charge is 2.28. The van der Waals surface area contributed by atoms with Gasteiger partial charge in [-0.1, -0.05) is 29.3 Å². The van der Waals surface area contributed by atoms with Crippen LogP contribution in [0.15, 0.2) is 48.0 Å². The first-order valence-electron chi connectivity index (χ1n) is 6.90. The fraction of sp³-hybridized carbons (Fsp3) is 0.111. The topological polar surface area (TPSA) is 50.8 Å². The van der Waals surface area contributed by atoms with Gasteiger partial charge in [0.05, 0.1) is 0 Å². The lowest BCUT2D eigenvalue weighted by atomic mass is 9.84. The van der Waals surface area contributed by atoms with Gasteiger partial charge < -0.3 is 4.90 Å². The Bertz CT molecular complexity index is 887. The van der Waals surface area contributed by atoms with Crippen LogP contribution in [0, 0.1) is 22.7 Å². The number of hydrogen-bond donors (Lipinski definition) is 0. The number of fused-ring (bicyclic) bond motifs is 2. The second-order valence-electron chi connectivity index (χ2n) is 5.25. The summed E-state index contributed by atoms with van der Waals surface area (Å²) in [6.45, 7) is 0. The summed E-state index contributed by atoms with van der Waals surface area (Å²) >= 11 is 12.3. The third kappa shape index (κ3) is 2.66. The van der Waals surface area contributed by atoms with Gasteiger partial charge in [-0.05, 0) is 47.5 Å². The Kier molecular flexibility index (Phi) is 4.01. The van der Waals surface area contributed by atoms with Gasteiger partial charge in [-0.15, -0.1) is 0 Å². The number of nitriles is 2. The lowest BCUT2D eigenvalue weighted by molar-refractivity contribution is 0.956. The average molecular weight is 340 g/mol. The fourth-order valence-electron chi connectivity index (χ4n) is 2.89. The Hall–Kier alpha value is -2.46. The molecule has 0 amide bonds. The van der Waals surface area contributed by atoms with E-state index in [0.717, 1.165) is 22.5 Å². The van der Waals surface area contributed by atoms with Crippen molar-refractivity contribution in [3.05, 3.63) is 69.2 Å². The van der Waals surface area contributed by atoms with Crippen molar-refractivity contribution < 1.29 is 0 Å². The van der Waals surface area contributed by atoms with E-state index in [0.29, 0.717) is 10.0 Å². The molecule has 5 heteroatoms. The zero-order valence-electron chi connectivity index (χ0n) is 12.2. The van der Waals surface area contributed by atoms with Crippen LogP contribution in [0.5, 0.6) is 0 Å². The smallest absolute Gasteiger partial charge is 0.126 e. The molecule has 0 radical (unpaired) electrons. The summed E-state index contributed by atoms with van der Waals surface area (Å²) in [5.74, 6) is -0.221. The van der Waals surface area contributed by atoms with E-state index in [9.17, 15) is 0 Å². The second kappa shape index (κ2) is 5.97. The van der Waals surface area contributed by atoms with E-state index in [1.807, 2.05) is 60.5 Å². The number of rotatable bonds is 1. The highest BCUT2D eigenvalue weighted by molar-refractivity contribution is 6.31. The summed E-state index contributed by atoms with van der Waals surface area (Å²) in [6, 6.07) is 15.1. The van der Waals surface area contributed by atoms with Gasteiger partial charge in [-0.25, -0.2) is 0 Å². The number of halogens is 2. The van der Waals surface area contributed by atoms with Crippen LogP contribution in [0.4, 0.5) is 11.4 Å². The molecule has 1 heterocycles. The Balaban J connectivity index is 2.30. The Morgan fingerprint density at radius 2 is 1.65 bits per heavy atom. The predicted octanol–water partition coefficient (Wildman–Crippen LogP) is 5.18. The van der Waals surface area contributed by atoms with Crippen molar-refractivity contribution in [3.8, 4) is 12.1 Å². The number of nitrogens with zero attached hydrogens (tertiary/aromatic N) is 3. The quantitative estimate of drug-likeness (QED) is 0.672. The van der Waals surface area contributed by atoms with Crippen LogP contribution in [-0.2, 0) is 0 Å². The molecule has 0 fully saturated rings. The molecule has 23 heavy (non-hydrogen) atoms. The molecule has 0 bridgehead atoms. The van der Waals surface area contributed by atoms with E-state index in [2.05, 4.69) is 0 Å². The molecule has 0 spiro atoms. The largest absolute Gasteiger partial charge is 0.344 e. The van der Waals surface area contributed by atoms with Crippen molar-refractivity contribution in [2.75, 3.05) is 11.9 Å². The molecule has 2 aromatic carbocycles. The molecule has 1 atom stereocenters. The minimum atomic E-state index is -0.221. The standard InChI is InChI=1S/C18H11Cl2N3/c1-23-17-5-3-12(19)7-16(17)15(6-11(9-21)10-22)14-4-2-13(20)8-18(14)23/h2-8,15H,1H3. The van der Waals surface area contributed by atoms with E-state index < -0.39 is 0 Å². The third-order valence-corrected chi connectivity index (χ3v) is 4.42. The van der Waals surface area contributed by atoms with Crippen LogP contribution in [0.3, 0.4) is 0 Å². The Morgan fingerprint density at radius 1 is 1.00 bits per heavy atom. The van der Waals surface area contributed by atoms with Crippen LogP contribution in [0.2, 0.25) is 10.0 Å². The highest BCUT2D eigenvalue weighted by Crippen LogP contribution is 2.47. The van der Waals surface area contributed by atoms with E-state index in [4.69, 9.17) is 33.7 Å². The molecule has 0 saturated carbocycles. The third-order valence-electron chi connectivity index (χ3n) is 3.95. The molecule has 1 aliphatic rings. The SMILES string of the molecule is CN1c2ccc(Cl)cc2C(C=C(C#N)C#N)c2ccc(Cl)cc21. The first-order valence-corrected chi connectivity index (χ1v) is 7.65. The van der Waals surface area contributed by atoms with Crippen LogP contribution in [0.25, 0.3) is 0 Å². The number of anilines is 2. The van der Waals surface area contributed by atoms with Crippen LogP contribution in [0.1, 0.15) is 17.0 Å². The molecule has 0 aliphatic carbocycles. The zero-order chi connectivity index (χ0) is 16.6. The summed E-state index contributed by atoms with van der Waals surface area (Å²) in [5, 5.41) is 19.5. The maximum Gasteiger partial charge on any atom is 0.126 e. The van der Waals surface area contributed by atoms with Crippen LogP contribution >= 0.6 is 23.2 Å². The van der Waals surface area contributed by atoms with Crippen molar-refractivity contribution in [2.45, 2.75) is 5.92 Å². The summed E-state index contributed by atoms with van der Waals surface area (Å²) < 4.78 is 0. The first kappa shape index (κ1) is 15.4. The van der Waals surface area contributed by atoms with Gasteiger partial charge in [0, 0.05) is 34.4 Å². The van der Waals surface area contributed by atoms with Gasteiger partial charge in [0.2, 0.25) is 0 Å². The maximum absolute atomic E-state index is 9.10. The van der Waals surface area contributed by atoms with Gasteiger partial charge in [-0.2, -0.15) is 10.5 Å². The monoisotopic (exact) mass is 339 g/mol. The van der Waals surface area contributed by atoms with Crippen molar-refractivity contribution in [3.63, 3.8) is 0 Å². The van der Waals surface area contributed by atoms with E-state index in [-0.39, 0.29) is 11.5 Å². The van der Waals surface area contributed by atoms with Gasteiger partial charge in [0.1, 0.15) is 17.7 Å². The molecule has 112 valence electrons. The maximum atomic E-state index is 9.10. The van der Waals surface area contributed by atoms with Gasteiger partial charge in [-0.3, -0.25) is 0 Å². The predicted molar refractivity (Wildman–Crippen MR) is 92.1 cm³/mol. The lowest BCUT2D eigenvalue weighted by Gasteiger charge is -2.34. The minimum Gasteiger partial charge on any atom is -0.344 e. The Labute approximate surface area is 144 Å². The molecule has 3 rings (SSSR count). The number of hydrogen-bond acceptors (Lipinski definition) is 3. The number of benzene rings is 2. The molecule has 0 aromatic heterocycles. The fourth-order valence-corrected chi connectivity index (χ4v) is 3.24. The lowest BCUT2D eigenvalue weighted by Crippen LogP contribution is -2.21. The molecule has 1 unspecified atom stereocenters. The van der Waals surface area contributed by atoms with Crippen molar-refractivity contribution >= 4 is 34.6 Å². The molecule has 0 N–H and O–H groups in total. The van der Waals surface area contributed by atoms with Gasteiger partial charge >= 0.3 is 0 Å². The van der Waals surface area contributed by atoms with Crippen molar-refractivity contribution in [1.82, 2.24) is 0 Å². The normalized spacial score (nSPS) is 15.0. The molecule has 1 aliphatic heterocycles. The first-order chi connectivity index (χ1) is 11.0. The summed E-state index contributed by atoms with van der Waals surface area (Å²) in [5.41, 5.74) is 3.93. The van der Waals surface area contributed by atoms with Gasteiger partial charge in [0.15, 0.2) is 0 Å². The second-order valence-corrected chi connectivity index (χ2v) is 6.12. The highest BCUT2D eigenvalue weighted by atomic mass is 35.5. The Morgan fingerprint density at radius 3 is 2.35 bits per heavy atom. The molecule has 3 nitrogen and oxygen atoms in total. The van der Waals surface area contributed by atoms with E-state index in [1.165, 1.54) is 0 Å². The summed E-state index contributed by atoms with van der Waals surface area (Å²) in [6.07, 6.45) is 1.68. The van der Waals surface area contributed by atoms with E-state index in [1.54, 1.807) is 6.08 Å². The minimum absolute atomic E-state index is 0.0754. The number of allylic oxidation sites excluding steroid dienone is 2. The zero-order valence-corrected chi connectivity index (χ0v) is 13.7. The van der Waals surface area contributed by atoms with Gasteiger partial charge in [0.25, 0.3) is 0 Å². The molecule has 2 aromatic rings. The summed E-state index contributed by atoms with van der Waals surface area (Å²) in [4.78, 5) is 2.04.